The number of aromatic amines is 1. The average molecular weight is 391 g/mol. The summed E-state index contributed by atoms with van der Waals surface area (Å²) >= 11 is 1.81. The van der Waals surface area contributed by atoms with Gasteiger partial charge in [-0.15, -0.1) is 11.8 Å². The minimum atomic E-state index is -0.0398. The SMILES string of the molecule is CC(C)Sc1ccc(Oc2ccccc2)c(-c2cn(C)c(=O)c3[nH]ccc23)c1. The van der Waals surface area contributed by atoms with Crippen molar-refractivity contribution in [3.8, 4) is 22.6 Å². The Morgan fingerprint density at radius 2 is 1.82 bits per heavy atom. The quantitative estimate of drug-likeness (QED) is 0.436. The van der Waals surface area contributed by atoms with Crippen molar-refractivity contribution in [3.63, 3.8) is 0 Å². The van der Waals surface area contributed by atoms with Crippen LogP contribution in [-0.2, 0) is 7.05 Å². The van der Waals surface area contributed by atoms with E-state index in [1.807, 2.05) is 48.7 Å². The van der Waals surface area contributed by atoms with Crippen molar-refractivity contribution in [1.82, 2.24) is 9.55 Å². The summed E-state index contributed by atoms with van der Waals surface area (Å²) in [5.74, 6) is 1.55. The van der Waals surface area contributed by atoms with Gasteiger partial charge in [0.25, 0.3) is 5.56 Å². The highest BCUT2D eigenvalue weighted by Gasteiger charge is 2.16. The van der Waals surface area contributed by atoms with Crippen molar-refractivity contribution >= 4 is 22.7 Å². The first-order valence-electron chi connectivity index (χ1n) is 9.23. The van der Waals surface area contributed by atoms with E-state index in [1.54, 1.807) is 29.6 Å². The number of hydrogen-bond donors (Lipinski definition) is 1. The molecule has 2 heterocycles. The lowest BCUT2D eigenvalue weighted by Crippen LogP contribution is -2.16. The van der Waals surface area contributed by atoms with Crippen LogP contribution in [0, 0.1) is 0 Å². The second-order valence-corrected chi connectivity index (χ2v) is 8.61. The van der Waals surface area contributed by atoms with Crippen LogP contribution >= 0.6 is 11.8 Å². The summed E-state index contributed by atoms with van der Waals surface area (Å²) in [6, 6.07) is 17.9. The number of hydrogen-bond acceptors (Lipinski definition) is 3. The number of ether oxygens (including phenoxy) is 1. The Balaban J connectivity index is 1.92. The van der Waals surface area contributed by atoms with E-state index >= 15 is 0 Å². The zero-order chi connectivity index (χ0) is 19.7. The van der Waals surface area contributed by atoms with Crippen molar-refractivity contribution < 1.29 is 4.74 Å². The molecule has 142 valence electrons. The van der Waals surface area contributed by atoms with Crippen LogP contribution in [0.4, 0.5) is 0 Å². The number of aromatic nitrogens is 2. The molecule has 0 spiro atoms. The van der Waals surface area contributed by atoms with E-state index in [1.165, 1.54) is 4.90 Å². The van der Waals surface area contributed by atoms with Crippen LogP contribution in [0.25, 0.3) is 22.0 Å². The smallest absolute Gasteiger partial charge is 0.274 e. The molecular formula is C23H22N2O2S. The Labute approximate surface area is 168 Å². The Morgan fingerprint density at radius 1 is 1.04 bits per heavy atom. The Morgan fingerprint density at radius 3 is 2.57 bits per heavy atom. The average Bonchev–Trinajstić information content (AvgIpc) is 3.16. The summed E-state index contributed by atoms with van der Waals surface area (Å²) in [7, 11) is 1.77. The highest BCUT2D eigenvalue weighted by Crippen LogP contribution is 2.39. The summed E-state index contributed by atoms with van der Waals surface area (Å²) in [6.45, 7) is 4.35. The van der Waals surface area contributed by atoms with Crippen molar-refractivity contribution in [2.45, 2.75) is 24.0 Å². The van der Waals surface area contributed by atoms with Crippen LogP contribution in [0.3, 0.4) is 0 Å². The molecule has 4 rings (SSSR count). The van der Waals surface area contributed by atoms with Gasteiger partial charge in [0.2, 0.25) is 0 Å². The fourth-order valence-corrected chi connectivity index (χ4v) is 4.13. The number of pyridine rings is 1. The molecule has 0 bridgehead atoms. The molecule has 0 aliphatic rings. The van der Waals surface area contributed by atoms with E-state index in [0.29, 0.717) is 10.8 Å². The number of fused-ring (bicyclic) bond motifs is 1. The number of nitrogens with one attached hydrogen (secondary N) is 1. The molecule has 0 aliphatic heterocycles. The Bertz CT molecular complexity index is 1180. The van der Waals surface area contributed by atoms with Gasteiger partial charge in [0.05, 0.1) is 0 Å². The fourth-order valence-electron chi connectivity index (χ4n) is 3.25. The number of nitrogens with zero attached hydrogens (tertiary/aromatic N) is 1. The van der Waals surface area contributed by atoms with Crippen LogP contribution in [0.15, 0.2) is 76.7 Å². The third-order valence-electron chi connectivity index (χ3n) is 4.48. The predicted octanol–water partition coefficient (Wildman–Crippen LogP) is 5.83. The van der Waals surface area contributed by atoms with Crippen molar-refractivity contribution in [3.05, 3.63) is 77.3 Å². The lowest BCUT2D eigenvalue weighted by Gasteiger charge is -2.15. The topological polar surface area (TPSA) is 47.0 Å². The number of thioether (sulfide) groups is 1. The van der Waals surface area contributed by atoms with Crippen molar-refractivity contribution in [2.75, 3.05) is 0 Å². The molecule has 2 aromatic carbocycles. The fraction of sp³-hybridized carbons (Fsp3) is 0.174. The van der Waals surface area contributed by atoms with Crippen LogP contribution in [0.5, 0.6) is 11.5 Å². The van der Waals surface area contributed by atoms with Crippen LogP contribution < -0.4 is 10.3 Å². The molecule has 0 unspecified atom stereocenters. The minimum absolute atomic E-state index is 0.0398. The molecule has 1 N–H and O–H groups in total. The number of rotatable bonds is 5. The second kappa shape index (κ2) is 7.60. The van der Waals surface area contributed by atoms with Gasteiger partial charge in [-0.2, -0.15) is 0 Å². The third-order valence-corrected chi connectivity index (χ3v) is 5.48. The molecule has 4 aromatic rings. The molecule has 0 atom stereocenters. The summed E-state index contributed by atoms with van der Waals surface area (Å²) < 4.78 is 7.83. The van der Waals surface area contributed by atoms with Gasteiger partial charge in [0.1, 0.15) is 17.0 Å². The molecule has 0 saturated heterocycles. The van der Waals surface area contributed by atoms with Gasteiger partial charge in [0.15, 0.2) is 0 Å². The van der Waals surface area contributed by atoms with Gasteiger partial charge in [-0.05, 0) is 36.4 Å². The standard InChI is InChI=1S/C23H22N2O2S/c1-15(2)28-17-9-10-21(27-16-7-5-4-6-8-16)19(13-17)20-14-25(3)23(26)22-18(20)11-12-24-22/h4-15,24H,1-3H3. The monoisotopic (exact) mass is 390 g/mol. The molecule has 5 heteroatoms. The first-order chi connectivity index (χ1) is 13.5. The molecule has 28 heavy (non-hydrogen) atoms. The van der Waals surface area contributed by atoms with Gasteiger partial charge < -0.3 is 14.3 Å². The first-order valence-corrected chi connectivity index (χ1v) is 10.1. The number of aryl methyl sites for hydroxylation is 1. The van der Waals surface area contributed by atoms with Crippen molar-refractivity contribution in [2.24, 2.45) is 7.05 Å². The zero-order valence-corrected chi connectivity index (χ0v) is 16.9. The summed E-state index contributed by atoms with van der Waals surface area (Å²) in [5.41, 5.74) is 2.50. The van der Waals surface area contributed by atoms with Gasteiger partial charge in [-0.25, -0.2) is 0 Å². The highest BCUT2D eigenvalue weighted by atomic mass is 32.2. The van der Waals surface area contributed by atoms with Gasteiger partial charge in [-0.1, -0.05) is 32.0 Å². The van der Waals surface area contributed by atoms with E-state index in [4.69, 9.17) is 4.74 Å². The Hall–Kier alpha value is -2.92. The molecule has 0 amide bonds. The lowest BCUT2D eigenvalue weighted by molar-refractivity contribution is 0.484. The molecule has 0 saturated carbocycles. The zero-order valence-electron chi connectivity index (χ0n) is 16.1. The van der Waals surface area contributed by atoms with Gasteiger partial charge in [-0.3, -0.25) is 4.79 Å². The van der Waals surface area contributed by atoms with Crippen molar-refractivity contribution in [1.29, 1.82) is 0 Å². The van der Waals surface area contributed by atoms with E-state index in [0.717, 1.165) is 28.0 Å². The first kappa shape index (κ1) is 18.4. The maximum absolute atomic E-state index is 12.5. The Kier molecular flexibility index (Phi) is 5.01. The molecule has 0 radical (unpaired) electrons. The number of para-hydroxylation sites is 1. The van der Waals surface area contributed by atoms with E-state index in [-0.39, 0.29) is 5.56 Å². The second-order valence-electron chi connectivity index (χ2n) is 6.96. The highest BCUT2D eigenvalue weighted by molar-refractivity contribution is 7.99. The summed E-state index contributed by atoms with van der Waals surface area (Å²) in [6.07, 6.45) is 3.69. The van der Waals surface area contributed by atoms with Gasteiger partial charge in [0, 0.05) is 46.1 Å². The molecule has 4 nitrogen and oxygen atoms in total. The molecule has 0 aliphatic carbocycles. The van der Waals surface area contributed by atoms with E-state index in [2.05, 4.69) is 31.0 Å². The normalized spacial score (nSPS) is 11.3. The third kappa shape index (κ3) is 3.58. The summed E-state index contributed by atoms with van der Waals surface area (Å²) in [5, 5.41) is 1.37. The largest absolute Gasteiger partial charge is 0.457 e. The van der Waals surface area contributed by atoms with E-state index < -0.39 is 0 Å². The van der Waals surface area contributed by atoms with Crippen LogP contribution in [0.1, 0.15) is 13.8 Å². The summed E-state index contributed by atoms with van der Waals surface area (Å²) in [4.78, 5) is 16.7. The minimum Gasteiger partial charge on any atom is -0.457 e. The number of benzene rings is 2. The molecule has 0 fully saturated rings. The van der Waals surface area contributed by atoms with Crippen LogP contribution in [-0.4, -0.2) is 14.8 Å². The molecular weight excluding hydrogens is 368 g/mol. The maximum Gasteiger partial charge on any atom is 0.274 e. The van der Waals surface area contributed by atoms with Gasteiger partial charge >= 0.3 is 0 Å². The van der Waals surface area contributed by atoms with Crippen LogP contribution in [0.2, 0.25) is 0 Å². The van der Waals surface area contributed by atoms with E-state index in [9.17, 15) is 4.79 Å². The lowest BCUT2D eigenvalue weighted by atomic mass is 10.0. The maximum atomic E-state index is 12.5. The predicted molar refractivity (Wildman–Crippen MR) is 116 cm³/mol. The molecule has 2 aromatic heterocycles. The number of H-pyrrole nitrogens is 1.